The molecule has 148 valence electrons. The second-order valence-corrected chi connectivity index (χ2v) is 6.00. The Morgan fingerprint density at radius 2 is 1.93 bits per heavy atom. The molecule has 2 rings (SSSR count). The third-order valence-corrected chi connectivity index (χ3v) is 3.90. The van der Waals surface area contributed by atoms with Gasteiger partial charge in [0.2, 0.25) is 6.29 Å². The highest BCUT2D eigenvalue weighted by atomic mass is 16.7. The third-order valence-electron chi connectivity index (χ3n) is 3.90. The number of para-hydroxylation sites is 1. The van der Waals surface area contributed by atoms with E-state index in [0.29, 0.717) is 12.2 Å². The monoisotopic (exact) mass is 380 g/mol. The predicted octanol–water partition coefficient (Wildman–Crippen LogP) is 1.56. The minimum Gasteiger partial charge on any atom is -0.467 e. The number of nitrogens with one attached hydrogen (secondary N) is 2. The van der Waals surface area contributed by atoms with E-state index in [1.807, 2.05) is 12.1 Å². The van der Waals surface area contributed by atoms with Crippen molar-refractivity contribution in [3.05, 3.63) is 29.8 Å². The lowest BCUT2D eigenvalue weighted by atomic mass is 10.0. The summed E-state index contributed by atoms with van der Waals surface area (Å²) < 4.78 is 20.6. The number of hydrogen-bond acceptors (Lipinski definition) is 8. The zero-order chi connectivity index (χ0) is 19.8. The van der Waals surface area contributed by atoms with Crippen LogP contribution in [0.4, 0.5) is 10.5 Å². The molecule has 9 nitrogen and oxygen atoms in total. The summed E-state index contributed by atoms with van der Waals surface area (Å²) >= 11 is 0. The summed E-state index contributed by atoms with van der Waals surface area (Å²) in [6, 6.07) is 7.26. The quantitative estimate of drug-likeness (QED) is 0.565. The van der Waals surface area contributed by atoms with Gasteiger partial charge in [0.15, 0.2) is 6.10 Å². The standard InChI is InChI=1S/C18H24N2O7/c1-11(21)25-13-8-15(17(22)24-3)26-16(9-13)27-18(23)20-14-7-5-4-6-12(14)10-19-2/h4-7,13,15-16,19H,8-10H2,1-3H3,(H,20,23). The molecule has 0 saturated carbocycles. The molecule has 1 fully saturated rings. The molecule has 2 N–H and O–H groups in total. The number of anilines is 1. The van der Waals surface area contributed by atoms with Gasteiger partial charge >= 0.3 is 18.0 Å². The van der Waals surface area contributed by atoms with E-state index < -0.39 is 36.5 Å². The largest absolute Gasteiger partial charge is 0.467 e. The molecule has 0 aliphatic carbocycles. The highest BCUT2D eigenvalue weighted by molar-refractivity contribution is 5.85. The van der Waals surface area contributed by atoms with E-state index in [1.54, 1.807) is 19.2 Å². The number of esters is 2. The topological polar surface area (TPSA) is 112 Å². The molecule has 1 heterocycles. The molecule has 1 aliphatic heterocycles. The van der Waals surface area contributed by atoms with Gasteiger partial charge in [-0.2, -0.15) is 0 Å². The van der Waals surface area contributed by atoms with Crippen LogP contribution in [-0.2, 0) is 35.1 Å². The highest BCUT2D eigenvalue weighted by Crippen LogP contribution is 2.25. The maximum absolute atomic E-state index is 12.3. The fraction of sp³-hybridized carbons (Fsp3) is 0.500. The van der Waals surface area contributed by atoms with Gasteiger partial charge in [0.25, 0.3) is 0 Å². The zero-order valence-corrected chi connectivity index (χ0v) is 15.5. The molecule has 1 aromatic rings. The Kier molecular flexibility index (Phi) is 7.56. The van der Waals surface area contributed by atoms with E-state index in [9.17, 15) is 14.4 Å². The molecule has 1 saturated heterocycles. The van der Waals surface area contributed by atoms with Crippen LogP contribution in [0.5, 0.6) is 0 Å². The van der Waals surface area contributed by atoms with Crippen molar-refractivity contribution in [1.82, 2.24) is 5.32 Å². The second kappa shape index (κ2) is 9.89. The van der Waals surface area contributed by atoms with Crippen LogP contribution in [0.1, 0.15) is 25.3 Å². The summed E-state index contributed by atoms with van der Waals surface area (Å²) in [5.74, 6) is -1.12. The van der Waals surface area contributed by atoms with Gasteiger partial charge in [-0.05, 0) is 18.7 Å². The third kappa shape index (κ3) is 6.22. The molecule has 0 aromatic heterocycles. The number of carbonyl (C=O) groups is 3. The first-order chi connectivity index (χ1) is 12.9. The molecular weight excluding hydrogens is 356 g/mol. The lowest BCUT2D eigenvalue weighted by Gasteiger charge is -2.32. The SMILES string of the molecule is CNCc1ccccc1NC(=O)OC1CC(OC(C)=O)CC(C(=O)OC)O1. The number of methoxy groups -OCH3 is 1. The van der Waals surface area contributed by atoms with Gasteiger partial charge in [-0.3, -0.25) is 10.1 Å². The van der Waals surface area contributed by atoms with Gasteiger partial charge in [0.05, 0.1) is 7.11 Å². The van der Waals surface area contributed by atoms with Crippen molar-refractivity contribution in [2.75, 3.05) is 19.5 Å². The second-order valence-electron chi connectivity index (χ2n) is 6.00. The Morgan fingerprint density at radius 1 is 1.19 bits per heavy atom. The summed E-state index contributed by atoms with van der Waals surface area (Å²) in [4.78, 5) is 35.3. The summed E-state index contributed by atoms with van der Waals surface area (Å²) in [6.07, 6.45) is -3.13. The van der Waals surface area contributed by atoms with Crippen LogP contribution in [0, 0.1) is 0 Å². The Labute approximate surface area is 157 Å². The first-order valence-corrected chi connectivity index (χ1v) is 8.53. The van der Waals surface area contributed by atoms with Gasteiger partial charge in [-0.1, -0.05) is 18.2 Å². The van der Waals surface area contributed by atoms with E-state index in [-0.39, 0.29) is 12.8 Å². The summed E-state index contributed by atoms with van der Waals surface area (Å²) in [5, 5.41) is 5.66. The van der Waals surface area contributed by atoms with Crippen LogP contribution in [0.2, 0.25) is 0 Å². The average molecular weight is 380 g/mol. The van der Waals surface area contributed by atoms with Crippen LogP contribution in [0.3, 0.4) is 0 Å². The van der Waals surface area contributed by atoms with E-state index >= 15 is 0 Å². The van der Waals surface area contributed by atoms with Crippen LogP contribution < -0.4 is 10.6 Å². The lowest BCUT2D eigenvalue weighted by Crippen LogP contribution is -2.44. The maximum Gasteiger partial charge on any atom is 0.413 e. The molecule has 1 aliphatic rings. The van der Waals surface area contributed by atoms with Crippen molar-refractivity contribution in [2.24, 2.45) is 0 Å². The van der Waals surface area contributed by atoms with E-state index in [2.05, 4.69) is 15.4 Å². The van der Waals surface area contributed by atoms with Gasteiger partial charge in [0, 0.05) is 32.0 Å². The van der Waals surface area contributed by atoms with Crippen LogP contribution in [-0.4, -0.2) is 50.7 Å². The average Bonchev–Trinajstić information content (AvgIpc) is 2.62. The minimum absolute atomic E-state index is 0.124. The molecular formula is C18H24N2O7. The van der Waals surface area contributed by atoms with E-state index in [1.165, 1.54) is 14.0 Å². The van der Waals surface area contributed by atoms with Gasteiger partial charge in [-0.25, -0.2) is 9.59 Å². The van der Waals surface area contributed by atoms with Crippen molar-refractivity contribution in [3.8, 4) is 0 Å². The smallest absolute Gasteiger partial charge is 0.413 e. The van der Waals surface area contributed by atoms with E-state index in [0.717, 1.165) is 5.56 Å². The van der Waals surface area contributed by atoms with Crippen molar-refractivity contribution >= 4 is 23.7 Å². The maximum atomic E-state index is 12.3. The molecule has 0 spiro atoms. The lowest BCUT2D eigenvalue weighted by molar-refractivity contribution is -0.210. The fourth-order valence-corrected chi connectivity index (χ4v) is 2.78. The zero-order valence-electron chi connectivity index (χ0n) is 15.5. The minimum atomic E-state index is -1.05. The first kappa shape index (κ1) is 20.7. The van der Waals surface area contributed by atoms with Gasteiger partial charge in [-0.15, -0.1) is 0 Å². The number of ether oxygens (including phenoxy) is 4. The Hall–Kier alpha value is -2.65. The van der Waals surface area contributed by atoms with Crippen molar-refractivity contribution in [3.63, 3.8) is 0 Å². The fourth-order valence-electron chi connectivity index (χ4n) is 2.78. The number of rotatable bonds is 6. The molecule has 9 heteroatoms. The Morgan fingerprint density at radius 3 is 2.59 bits per heavy atom. The Balaban J connectivity index is 2.02. The molecule has 1 amide bonds. The van der Waals surface area contributed by atoms with Crippen LogP contribution >= 0.6 is 0 Å². The molecule has 3 unspecified atom stereocenters. The number of amides is 1. The first-order valence-electron chi connectivity index (χ1n) is 8.53. The molecule has 1 aromatic carbocycles. The number of hydrogen-bond donors (Lipinski definition) is 2. The summed E-state index contributed by atoms with van der Waals surface area (Å²) in [6.45, 7) is 1.83. The number of carbonyl (C=O) groups excluding carboxylic acids is 3. The molecule has 0 bridgehead atoms. The van der Waals surface area contributed by atoms with E-state index in [4.69, 9.17) is 14.2 Å². The normalized spacial score (nSPS) is 21.8. The van der Waals surface area contributed by atoms with Gasteiger partial charge in [0.1, 0.15) is 6.10 Å². The molecule has 27 heavy (non-hydrogen) atoms. The van der Waals surface area contributed by atoms with Crippen molar-refractivity contribution < 1.29 is 33.3 Å². The van der Waals surface area contributed by atoms with Crippen LogP contribution in [0.15, 0.2) is 24.3 Å². The highest BCUT2D eigenvalue weighted by Gasteiger charge is 2.37. The number of benzene rings is 1. The van der Waals surface area contributed by atoms with Crippen molar-refractivity contribution in [2.45, 2.75) is 44.8 Å². The van der Waals surface area contributed by atoms with Crippen molar-refractivity contribution in [1.29, 1.82) is 0 Å². The summed E-state index contributed by atoms with van der Waals surface area (Å²) in [5.41, 5.74) is 1.47. The molecule has 0 radical (unpaired) electrons. The van der Waals surface area contributed by atoms with Crippen LogP contribution in [0.25, 0.3) is 0 Å². The van der Waals surface area contributed by atoms with Gasteiger partial charge < -0.3 is 24.3 Å². The molecule has 3 atom stereocenters. The predicted molar refractivity (Wildman–Crippen MR) is 94.8 cm³/mol. The Bertz CT molecular complexity index is 679. The summed E-state index contributed by atoms with van der Waals surface area (Å²) in [7, 11) is 3.02.